The van der Waals surface area contributed by atoms with Gasteiger partial charge in [-0.3, -0.25) is 15.1 Å². The van der Waals surface area contributed by atoms with Crippen molar-refractivity contribution in [2.24, 2.45) is 0 Å². The van der Waals surface area contributed by atoms with Crippen LogP contribution in [-0.2, 0) is 6.54 Å². The number of aryl methyl sites for hydroxylation is 1. The van der Waals surface area contributed by atoms with E-state index in [9.17, 15) is 10.1 Å². The smallest absolute Gasteiger partial charge is 0.272 e. The molecule has 0 atom stereocenters. The number of nitrogens with one attached hydrogen (secondary N) is 1. The Morgan fingerprint density at radius 1 is 1.26 bits per heavy atom. The predicted molar refractivity (Wildman–Crippen MR) is 71.9 cm³/mol. The van der Waals surface area contributed by atoms with Gasteiger partial charge in [-0.1, -0.05) is 12.1 Å². The van der Waals surface area contributed by atoms with E-state index < -0.39 is 0 Å². The molecule has 0 aliphatic carbocycles. The lowest BCUT2D eigenvalue weighted by Crippen LogP contribution is -2.06. The minimum Gasteiger partial charge on any atom is -0.364 e. The van der Waals surface area contributed by atoms with Crippen molar-refractivity contribution in [3.05, 3.63) is 57.5 Å². The van der Waals surface area contributed by atoms with E-state index in [1.165, 1.54) is 6.07 Å². The second kappa shape index (κ2) is 5.43. The van der Waals surface area contributed by atoms with Crippen molar-refractivity contribution in [1.29, 1.82) is 0 Å². The Hall–Kier alpha value is -2.50. The van der Waals surface area contributed by atoms with Gasteiger partial charge in [0.2, 0.25) is 0 Å². The Morgan fingerprint density at radius 3 is 2.68 bits per heavy atom. The molecule has 0 saturated heterocycles. The van der Waals surface area contributed by atoms with Crippen LogP contribution in [0.15, 0.2) is 30.6 Å². The zero-order valence-corrected chi connectivity index (χ0v) is 10.8. The van der Waals surface area contributed by atoms with Crippen LogP contribution in [0, 0.1) is 24.0 Å². The van der Waals surface area contributed by atoms with Gasteiger partial charge in [-0.15, -0.1) is 0 Å². The summed E-state index contributed by atoms with van der Waals surface area (Å²) in [4.78, 5) is 18.8. The average molecular weight is 258 g/mol. The van der Waals surface area contributed by atoms with Crippen LogP contribution in [0.4, 0.5) is 11.5 Å². The first kappa shape index (κ1) is 12.9. The maximum Gasteiger partial charge on any atom is 0.272 e. The van der Waals surface area contributed by atoms with Gasteiger partial charge in [0, 0.05) is 30.6 Å². The molecule has 0 unspecified atom stereocenters. The molecule has 0 aliphatic heterocycles. The number of aromatic nitrogens is 2. The number of benzene rings is 1. The number of rotatable bonds is 4. The normalized spacial score (nSPS) is 10.2. The summed E-state index contributed by atoms with van der Waals surface area (Å²) in [5.74, 6) is 0.688. The van der Waals surface area contributed by atoms with Gasteiger partial charge in [0.1, 0.15) is 5.82 Å². The summed E-state index contributed by atoms with van der Waals surface area (Å²) in [6.07, 6.45) is 3.23. The van der Waals surface area contributed by atoms with E-state index in [1.54, 1.807) is 25.4 Å². The highest BCUT2D eigenvalue weighted by molar-refractivity contribution is 5.47. The second-order valence-corrected chi connectivity index (χ2v) is 4.16. The molecule has 0 aliphatic rings. The van der Waals surface area contributed by atoms with Crippen molar-refractivity contribution in [2.45, 2.75) is 20.4 Å². The first-order valence-corrected chi connectivity index (χ1v) is 5.84. The van der Waals surface area contributed by atoms with Crippen molar-refractivity contribution in [3.63, 3.8) is 0 Å². The molecule has 1 aromatic heterocycles. The van der Waals surface area contributed by atoms with E-state index in [0.717, 1.165) is 11.3 Å². The number of nitrogens with zero attached hydrogens (tertiary/aromatic N) is 3. The van der Waals surface area contributed by atoms with E-state index in [-0.39, 0.29) is 10.6 Å². The summed E-state index contributed by atoms with van der Waals surface area (Å²) in [6, 6.07) is 5.05. The van der Waals surface area contributed by atoms with Crippen LogP contribution in [0.5, 0.6) is 0 Å². The van der Waals surface area contributed by atoms with Gasteiger partial charge in [-0.25, -0.2) is 4.98 Å². The van der Waals surface area contributed by atoms with Crippen molar-refractivity contribution >= 4 is 11.5 Å². The molecule has 0 spiro atoms. The summed E-state index contributed by atoms with van der Waals surface area (Å²) in [5.41, 5.74) is 2.47. The number of hydrogen-bond acceptors (Lipinski definition) is 5. The molecule has 6 nitrogen and oxygen atoms in total. The third-order valence-electron chi connectivity index (χ3n) is 2.94. The van der Waals surface area contributed by atoms with Gasteiger partial charge >= 0.3 is 0 Å². The fraction of sp³-hybridized carbons (Fsp3) is 0.231. The van der Waals surface area contributed by atoms with E-state index in [4.69, 9.17) is 0 Å². The average Bonchev–Trinajstić information content (AvgIpc) is 2.39. The highest BCUT2D eigenvalue weighted by Gasteiger charge is 2.13. The van der Waals surface area contributed by atoms with Crippen molar-refractivity contribution in [2.75, 3.05) is 5.32 Å². The van der Waals surface area contributed by atoms with Crippen LogP contribution >= 0.6 is 0 Å². The van der Waals surface area contributed by atoms with Gasteiger partial charge in [-0.05, 0) is 19.4 Å². The fourth-order valence-corrected chi connectivity index (χ4v) is 1.82. The molecule has 1 heterocycles. The van der Waals surface area contributed by atoms with Crippen LogP contribution in [-0.4, -0.2) is 14.9 Å². The molecule has 2 aromatic rings. The summed E-state index contributed by atoms with van der Waals surface area (Å²) in [5, 5.41) is 14.0. The number of anilines is 1. The third kappa shape index (κ3) is 2.85. The summed E-state index contributed by atoms with van der Waals surface area (Å²) in [7, 11) is 0. The minimum absolute atomic E-state index is 0.134. The van der Waals surface area contributed by atoms with E-state index in [0.29, 0.717) is 17.9 Å². The zero-order chi connectivity index (χ0) is 13.8. The van der Waals surface area contributed by atoms with Crippen LogP contribution in [0.1, 0.15) is 16.8 Å². The SMILES string of the molecule is Cc1nccnc1NCc1cccc([N+](=O)[O-])c1C. The van der Waals surface area contributed by atoms with Crippen molar-refractivity contribution < 1.29 is 4.92 Å². The summed E-state index contributed by atoms with van der Waals surface area (Å²) >= 11 is 0. The van der Waals surface area contributed by atoms with Crippen molar-refractivity contribution in [3.8, 4) is 0 Å². The predicted octanol–water partition coefficient (Wildman–Crippen LogP) is 2.61. The third-order valence-corrected chi connectivity index (χ3v) is 2.94. The van der Waals surface area contributed by atoms with Gasteiger partial charge in [0.05, 0.1) is 10.6 Å². The van der Waals surface area contributed by atoms with Gasteiger partial charge in [0.25, 0.3) is 5.69 Å². The van der Waals surface area contributed by atoms with E-state index >= 15 is 0 Å². The Bertz CT molecular complexity index is 613. The highest BCUT2D eigenvalue weighted by atomic mass is 16.6. The lowest BCUT2D eigenvalue weighted by molar-refractivity contribution is -0.385. The first-order chi connectivity index (χ1) is 9.09. The molecule has 0 radical (unpaired) electrons. The Balaban J connectivity index is 2.19. The number of nitro benzene ring substituents is 1. The van der Waals surface area contributed by atoms with Gasteiger partial charge in [0.15, 0.2) is 0 Å². The molecule has 98 valence electrons. The van der Waals surface area contributed by atoms with Gasteiger partial charge in [-0.2, -0.15) is 0 Å². The molecule has 0 saturated carbocycles. The maximum absolute atomic E-state index is 10.9. The lowest BCUT2D eigenvalue weighted by Gasteiger charge is -2.09. The van der Waals surface area contributed by atoms with Crippen LogP contribution in [0.2, 0.25) is 0 Å². The Kier molecular flexibility index (Phi) is 3.70. The molecule has 19 heavy (non-hydrogen) atoms. The molecule has 1 N–H and O–H groups in total. The van der Waals surface area contributed by atoms with E-state index in [2.05, 4.69) is 15.3 Å². The quantitative estimate of drug-likeness (QED) is 0.673. The Morgan fingerprint density at radius 2 is 2.00 bits per heavy atom. The van der Waals surface area contributed by atoms with Crippen LogP contribution in [0.3, 0.4) is 0 Å². The van der Waals surface area contributed by atoms with Crippen LogP contribution in [0.25, 0.3) is 0 Å². The molecule has 2 rings (SSSR count). The number of nitro groups is 1. The van der Waals surface area contributed by atoms with E-state index in [1.807, 2.05) is 13.0 Å². The second-order valence-electron chi connectivity index (χ2n) is 4.16. The summed E-state index contributed by atoms with van der Waals surface area (Å²) < 4.78 is 0. The fourth-order valence-electron chi connectivity index (χ4n) is 1.82. The Labute approximate surface area is 110 Å². The first-order valence-electron chi connectivity index (χ1n) is 5.84. The minimum atomic E-state index is -0.369. The molecule has 0 amide bonds. The standard InChI is InChI=1S/C13H14N4O2/c1-9-11(4-3-5-12(9)17(18)19)8-16-13-10(2)14-6-7-15-13/h3-7H,8H2,1-2H3,(H,15,16). The monoisotopic (exact) mass is 258 g/mol. The topological polar surface area (TPSA) is 81.0 Å². The summed E-state index contributed by atoms with van der Waals surface area (Å²) in [6.45, 7) is 4.08. The van der Waals surface area contributed by atoms with Crippen molar-refractivity contribution in [1.82, 2.24) is 9.97 Å². The molecular weight excluding hydrogens is 244 g/mol. The largest absolute Gasteiger partial charge is 0.364 e. The zero-order valence-electron chi connectivity index (χ0n) is 10.8. The molecular formula is C13H14N4O2. The lowest BCUT2D eigenvalue weighted by atomic mass is 10.1. The molecule has 1 aromatic carbocycles. The van der Waals surface area contributed by atoms with Gasteiger partial charge < -0.3 is 5.32 Å². The molecule has 6 heteroatoms. The molecule has 0 bridgehead atoms. The highest BCUT2D eigenvalue weighted by Crippen LogP contribution is 2.21. The van der Waals surface area contributed by atoms with Crippen LogP contribution < -0.4 is 5.32 Å². The number of hydrogen-bond donors (Lipinski definition) is 1. The maximum atomic E-state index is 10.9. The molecule has 0 fully saturated rings.